The molecule has 2 aliphatic carbocycles. The van der Waals surface area contributed by atoms with Gasteiger partial charge >= 0.3 is 5.97 Å². The minimum atomic E-state index is -0.809. The van der Waals surface area contributed by atoms with Crippen LogP contribution in [0.1, 0.15) is 25.7 Å². The van der Waals surface area contributed by atoms with Crippen LogP contribution in [0, 0.1) is 5.92 Å². The second-order valence-corrected chi connectivity index (χ2v) is 7.85. The van der Waals surface area contributed by atoms with E-state index in [9.17, 15) is 14.4 Å². The van der Waals surface area contributed by atoms with Crippen LogP contribution in [-0.4, -0.2) is 56.6 Å². The molecule has 8 nitrogen and oxygen atoms in total. The maximum absolute atomic E-state index is 12.5. The van der Waals surface area contributed by atoms with E-state index >= 15 is 0 Å². The van der Waals surface area contributed by atoms with Gasteiger partial charge in [-0.1, -0.05) is 12.1 Å². The summed E-state index contributed by atoms with van der Waals surface area (Å²) in [5.74, 6) is -0.411. The monoisotopic (exact) mass is 384 g/mol. The highest BCUT2D eigenvalue weighted by Gasteiger charge is 2.37. The maximum atomic E-state index is 12.5. The maximum Gasteiger partial charge on any atom is 0.317 e. The molecule has 1 amide bonds. The Bertz CT molecular complexity index is 947. The molecule has 0 aliphatic heterocycles. The van der Waals surface area contributed by atoms with Gasteiger partial charge in [-0.25, -0.2) is 4.98 Å². The summed E-state index contributed by atoms with van der Waals surface area (Å²) in [7, 11) is 0. The zero-order chi connectivity index (χ0) is 19.7. The molecule has 2 aliphatic rings. The van der Waals surface area contributed by atoms with Gasteiger partial charge in [-0.3, -0.25) is 23.9 Å². The first-order chi connectivity index (χ1) is 13.5. The summed E-state index contributed by atoms with van der Waals surface area (Å²) in [6.45, 7) is 0.814. The molecular formula is C20H24N4O4. The number of carboxylic acid groups (broad SMARTS) is 1. The first-order valence-corrected chi connectivity index (χ1v) is 9.69. The van der Waals surface area contributed by atoms with E-state index in [-0.39, 0.29) is 36.6 Å². The Balaban J connectivity index is 1.31. The van der Waals surface area contributed by atoms with Gasteiger partial charge < -0.3 is 10.4 Å². The number of carboxylic acids is 1. The Morgan fingerprint density at radius 1 is 1.25 bits per heavy atom. The molecule has 0 saturated heterocycles. The van der Waals surface area contributed by atoms with Gasteiger partial charge in [0, 0.05) is 18.6 Å². The fourth-order valence-electron chi connectivity index (χ4n) is 3.80. The van der Waals surface area contributed by atoms with Crippen molar-refractivity contribution >= 4 is 22.8 Å². The average Bonchev–Trinajstić information content (AvgIpc) is 3.43. The molecular weight excluding hydrogens is 360 g/mol. The van der Waals surface area contributed by atoms with E-state index < -0.39 is 5.97 Å². The van der Waals surface area contributed by atoms with Crippen molar-refractivity contribution in [2.24, 2.45) is 5.92 Å². The molecule has 8 heteroatoms. The zero-order valence-corrected chi connectivity index (χ0v) is 15.6. The molecule has 0 spiro atoms. The third-order valence-corrected chi connectivity index (χ3v) is 5.57. The van der Waals surface area contributed by atoms with Crippen LogP contribution in [0.2, 0.25) is 0 Å². The lowest BCUT2D eigenvalue weighted by molar-refractivity contribution is -0.140. The quantitative estimate of drug-likeness (QED) is 0.699. The van der Waals surface area contributed by atoms with Gasteiger partial charge in [-0.15, -0.1) is 0 Å². The molecule has 0 unspecified atom stereocenters. The van der Waals surface area contributed by atoms with Crippen LogP contribution < -0.4 is 10.9 Å². The molecule has 4 rings (SSSR count). The van der Waals surface area contributed by atoms with E-state index in [0.29, 0.717) is 16.8 Å². The Hall–Kier alpha value is -2.74. The van der Waals surface area contributed by atoms with Gasteiger partial charge in [0.1, 0.15) is 6.54 Å². The number of rotatable bonds is 8. The topological polar surface area (TPSA) is 105 Å². The highest BCUT2D eigenvalue weighted by molar-refractivity contribution is 5.79. The molecule has 28 heavy (non-hydrogen) atoms. The summed E-state index contributed by atoms with van der Waals surface area (Å²) in [4.78, 5) is 42.2. The lowest BCUT2D eigenvalue weighted by Crippen LogP contribution is -2.55. The first-order valence-electron chi connectivity index (χ1n) is 9.69. The minimum Gasteiger partial charge on any atom is -0.480 e. The van der Waals surface area contributed by atoms with Crippen LogP contribution in [0.25, 0.3) is 10.9 Å². The smallest absolute Gasteiger partial charge is 0.317 e. The Morgan fingerprint density at radius 3 is 2.71 bits per heavy atom. The van der Waals surface area contributed by atoms with Crippen molar-refractivity contribution in [2.45, 2.75) is 44.3 Å². The number of fused-ring (bicyclic) bond motifs is 1. The number of hydrogen-bond acceptors (Lipinski definition) is 5. The average molecular weight is 384 g/mol. The third kappa shape index (κ3) is 4.22. The molecule has 1 aromatic carbocycles. The fourth-order valence-corrected chi connectivity index (χ4v) is 3.80. The van der Waals surface area contributed by atoms with E-state index in [2.05, 4.69) is 10.3 Å². The molecule has 1 aromatic heterocycles. The molecule has 2 aromatic rings. The fraction of sp³-hybridized carbons (Fsp3) is 0.500. The molecule has 148 valence electrons. The lowest BCUT2D eigenvalue weighted by atomic mass is 9.85. The number of nitrogens with one attached hydrogen (secondary N) is 1. The largest absolute Gasteiger partial charge is 0.480 e. The molecule has 2 saturated carbocycles. The standard InChI is InChI=1S/C20H24N4O4/c25-18(10-24-12-21-17-4-2-1-3-16(17)20(24)28)22-14-7-15(8-14)23(11-19(26)27)9-13-5-6-13/h1-4,12-15H,5-11H2,(H,22,25)(H,26,27). The molecule has 0 atom stereocenters. The highest BCUT2D eigenvalue weighted by atomic mass is 16.4. The van der Waals surface area contributed by atoms with E-state index in [0.717, 1.165) is 19.4 Å². The van der Waals surface area contributed by atoms with Crippen molar-refractivity contribution in [1.82, 2.24) is 19.8 Å². The summed E-state index contributed by atoms with van der Waals surface area (Å²) in [5.41, 5.74) is 0.379. The Kier molecular flexibility index (Phi) is 5.13. The SMILES string of the molecule is O=C(O)CN(CC1CC1)C1CC(NC(=O)Cn2cnc3ccccc3c2=O)C1. The van der Waals surface area contributed by atoms with Crippen molar-refractivity contribution in [2.75, 3.05) is 13.1 Å². The van der Waals surface area contributed by atoms with Crippen molar-refractivity contribution in [3.8, 4) is 0 Å². The van der Waals surface area contributed by atoms with Gasteiger partial charge in [0.05, 0.1) is 23.8 Å². The molecule has 2 fully saturated rings. The van der Waals surface area contributed by atoms with Crippen LogP contribution in [0.15, 0.2) is 35.4 Å². The number of carbonyl (C=O) groups excluding carboxylic acids is 1. The van der Waals surface area contributed by atoms with Crippen LogP contribution in [0.5, 0.6) is 0 Å². The summed E-state index contributed by atoms with van der Waals surface area (Å²) in [5, 5.41) is 12.6. The summed E-state index contributed by atoms with van der Waals surface area (Å²) in [6, 6.07) is 7.28. The number of amides is 1. The zero-order valence-electron chi connectivity index (χ0n) is 15.6. The van der Waals surface area contributed by atoms with E-state index in [4.69, 9.17) is 5.11 Å². The number of para-hydroxylation sites is 1. The second-order valence-electron chi connectivity index (χ2n) is 7.85. The van der Waals surface area contributed by atoms with Crippen LogP contribution in [0.4, 0.5) is 0 Å². The predicted octanol–water partition coefficient (Wildman–Crippen LogP) is 0.840. The number of aliphatic carboxylic acids is 1. The van der Waals surface area contributed by atoms with Gasteiger partial charge in [-0.05, 0) is 43.7 Å². The van der Waals surface area contributed by atoms with Crippen molar-refractivity contribution in [3.05, 3.63) is 40.9 Å². The van der Waals surface area contributed by atoms with Gasteiger partial charge in [0.15, 0.2) is 0 Å². The van der Waals surface area contributed by atoms with Crippen molar-refractivity contribution < 1.29 is 14.7 Å². The lowest BCUT2D eigenvalue weighted by Gasteiger charge is -2.42. The van der Waals surface area contributed by atoms with Crippen LogP contribution in [0.3, 0.4) is 0 Å². The number of aromatic nitrogens is 2. The Morgan fingerprint density at radius 2 is 2.00 bits per heavy atom. The normalized spacial score (nSPS) is 21.5. The molecule has 2 N–H and O–H groups in total. The Labute approximate surface area is 162 Å². The number of benzene rings is 1. The van der Waals surface area contributed by atoms with Crippen LogP contribution in [-0.2, 0) is 16.1 Å². The summed E-state index contributed by atoms with van der Waals surface area (Å²) < 4.78 is 1.32. The van der Waals surface area contributed by atoms with Crippen molar-refractivity contribution in [3.63, 3.8) is 0 Å². The number of hydrogen-bond donors (Lipinski definition) is 2. The summed E-state index contributed by atoms with van der Waals surface area (Å²) in [6.07, 6.45) is 5.25. The van der Waals surface area contributed by atoms with Crippen molar-refractivity contribution in [1.29, 1.82) is 0 Å². The minimum absolute atomic E-state index is 0.0251. The van der Waals surface area contributed by atoms with E-state index in [1.165, 1.54) is 23.7 Å². The van der Waals surface area contributed by atoms with Gasteiger partial charge in [0.25, 0.3) is 5.56 Å². The number of carbonyl (C=O) groups is 2. The summed E-state index contributed by atoms with van der Waals surface area (Å²) >= 11 is 0. The predicted molar refractivity (Wildman–Crippen MR) is 103 cm³/mol. The van der Waals surface area contributed by atoms with E-state index in [1.54, 1.807) is 18.2 Å². The second kappa shape index (κ2) is 7.71. The van der Waals surface area contributed by atoms with E-state index in [1.807, 2.05) is 11.0 Å². The molecule has 0 bridgehead atoms. The number of nitrogens with zero attached hydrogens (tertiary/aromatic N) is 3. The highest BCUT2D eigenvalue weighted by Crippen LogP contribution is 2.33. The van der Waals surface area contributed by atoms with Gasteiger partial charge in [-0.2, -0.15) is 0 Å². The first kappa shape index (κ1) is 18.6. The molecule has 1 heterocycles. The van der Waals surface area contributed by atoms with Crippen LogP contribution >= 0.6 is 0 Å². The third-order valence-electron chi connectivity index (χ3n) is 5.57. The molecule has 0 radical (unpaired) electrons. The van der Waals surface area contributed by atoms with Gasteiger partial charge in [0.2, 0.25) is 5.91 Å².